The van der Waals surface area contributed by atoms with Crippen LogP contribution in [0.2, 0.25) is 0 Å². The lowest BCUT2D eigenvalue weighted by atomic mass is 10.2. The van der Waals surface area contributed by atoms with E-state index < -0.39 is 18.1 Å². The van der Waals surface area contributed by atoms with Crippen LogP contribution in [0.4, 0.5) is 14.7 Å². The summed E-state index contributed by atoms with van der Waals surface area (Å²) in [6.07, 6.45) is 0. The van der Waals surface area contributed by atoms with Gasteiger partial charge in [0.05, 0.1) is 7.11 Å². The number of hydrazine groups is 1. The molecule has 0 fully saturated rings. The van der Waals surface area contributed by atoms with Crippen molar-refractivity contribution >= 4 is 11.9 Å². The standard InChI is InChI=1S/C13H13F2N5O4/c1-6-10(21)16-13(19-17-6)20-18-11(22)7-3-4-8(24-12(14)15)9(5-7)23-2/h3-5,12H,1-2H3,(H,18,22)(H2,16,19,20,21). The third-order valence-electron chi connectivity index (χ3n) is 2.80. The number of alkyl halides is 2. The molecule has 9 nitrogen and oxygen atoms in total. The predicted molar refractivity (Wildman–Crippen MR) is 78.1 cm³/mol. The lowest BCUT2D eigenvalue weighted by Crippen LogP contribution is -2.32. The van der Waals surface area contributed by atoms with Gasteiger partial charge in [-0.1, -0.05) is 0 Å². The van der Waals surface area contributed by atoms with E-state index in [1.165, 1.54) is 32.2 Å². The van der Waals surface area contributed by atoms with Crippen LogP contribution < -0.4 is 25.9 Å². The molecule has 1 heterocycles. The molecule has 0 saturated carbocycles. The van der Waals surface area contributed by atoms with Crippen molar-refractivity contribution < 1.29 is 23.0 Å². The minimum absolute atomic E-state index is 0.0357. The van der Waals surface area contributed by atoms with E-state index in [4.69, 9.17) is 4.74 Å². The highest BCUT2D eigenvalue weighted by Crippen LogP contribution is 2.29. The first kappa shape index (κ1) is 17.1. The van der Waals surface area contributed by atoms with Crippen molar-refractivity contribution in [3.63, 3.8) is 0 Å². The van der Waals surface area contributed by atoms with E-state index in [0.717, 1.165) is 0 Å². The number of benzene rings is 1. The van der Waals surface area contributed by atoms with Crippen LogP contribution in [0.15, 0.2) is 23.0 Å². The molecular formula is C13H13F2N5O4. The maximum atomic E-state index is 12.3. The molecule has 24 heavy (non-hydrogen) atoms. The molecule has 3 N–H and O–H groups in total. The molecule has 0 bridgehead atoms. The molecule has 128 valence electrons. The van der Waals surface area contributed by atoms with Gasteiger partial charge in [-0.2, -0.15) is 8.78 Å². The molecule has 0 atom stereocenters. The minimum Gasteiger partial charge on any atom is -0.493 e. The molecule has 1 amide bonds. The second kappa shape index (κ2) is 7.35. The number of nitrogens with zero attached hydrogens (tertiary/aromatic N) is 2. The Morgan fingerprint density at radius 2 is 2.04 bits per heavy atom. The zero-order chi connectivity index (χ0) is 17.7. The number of hydrogen-bond donors (Lipinski definition) is 3. The summed E-state index contributed by atoms with van der Waals surface area (Å²) in [6.45, 7) is -1.54. The highest BCUT2D eigenvalue weighted by Gasteiger charge is 2.14. The van der Waals surface area contributed by atoms with Crippen LogP contribution in [0.3, 0.4) is 0 Å². The highest BCUT2D eigenvalue weighted by atomic mass is 19.3. The SMILES string of the molecule is COc1cc(C(=O)NNc2nnc(C)c(=O)[nH]2)ccc1OC(F)F. The molecule has 0 aliphatic carbocycles. The van der Waals surface area contributed by atoms with Crippen molar-refractivity contribution in [3.8, 4) is 11.5 Å². The van der Waals surface area contributed by atoms with Gasteiger partial charge in [-0.25, -0.2) is 0 Å². The number of methoxy groups -OCH3 is 1. The van der Waals surface area contributed by atoms with Crippen molar-refractivity contribution in [3.05, 3.63) is 39.8 Å². The molecule has 2 rings (SSSR count). The average Bonchev–Trinajstić information content (AvgIpc) is 2.55. The van der Waals surface area contributed by atoms with E-state index >= 15 is 0 Å². The summed E-state index contributed by atoms with van der Waals surface area (Å²) >= 11 is 0. The Morgan fingerprint density at radius 1 is 1.29 bits per heavy atom. The quantitative estimate of drug-likeness (QED) is 0.666. The van der Waals surface area contributed by atoms with Crippen LogP contribution in [0.1, 0.15) is 16.1 Å². The van der Waals surface area contributed by atoms with Gasteiger partial charge in [0.25, 0.3) is 11.5 Å². The number of halogens is 2. The highest BCUT2D eigenvalue weighted by molar-refractivity contribution is 5.95. The molecule has 1 aromatic heterocycles. The minimum atomic E-state index is -3.02. The number of aromatic amines is 1. The Kier molecular flexibility index (Phi) is 5.24. The van der Waals surface area contributed by atoms with Gasteiger partial charge in [0.1, 0.15) is 5.69 Å². The van der Waals surface area contributed by atoms with Gasteiger partial charge in [0.15, 0.2) is 11.5 Å². The zero-order valence-electron chi connectivity index (χ0n) is 12.6. The van der Waals surface area contributed by atoms with Gasteiger partial charge in [-0.05, 0) is 25.1 Å². The first-order valence-electron chi connectivity index (χ1n) is 6.53. The van der Waals surface area contributed by atoms with E-state index in [1.807, 2.05) is 0 Å². The average molecular weight is 341 g/mol. The lowest BCUT2D eigenvalue weighted by Gasteiger charge is -2.12. The van der Waals surface area contributed by atoms with Gasteiger partial charge in [-0.3, -0.25) is 25.4 Å². The summed E-state index contributed by atoms with van der Waals surface area (Å²) in [6, 6.07) is 3.66. The van der Waals surface area contributed by atoms with Crippen molar-refractivity contribution in [2.24, 2.45) is 0 Å². The Balaban J connectivity index is 2.09. The summed E-state index contributed by atoms with van der Waals surface area (Å²) in [4.78, 5) is 25.7. The van der Waals surface area contributed by atoms with E-state index in [2.05, 4.69) is 30.8 Å². The lowest BCUT2D eigenvalue weighted by molar-refractivity contribution is -0.0512. The van der Waals surface area contributed by atoms with Crippen LogP contribution >= 0.6 is 0 Å². The summed E-state index contributed by atoms with van der Waals surface area (Å²) in [7, 11) is 1.25. The smallest absolute Gasteiger partial charge is 0.387 e. The van der Waals surface area contributed by atoms with Crippen LogP contribution in [-0.2, 0) is 0 Å². The number of carbonyl (C=O) groups excluding carboxylic acids is 1. The normalized spacial score (nSPS) is 10.4. The number of rotatable bonds is 6. The fraction of sp³-hybridized carbons (Fsp3) is 0.231. The number of aromatic nitrogens is 3. The third kappa shape index (κ3) is 4.15. The fourth-order valence-electron chi connectivity index (χ4n) is 1.64. The first-order chi connectivity index (χ1) is 11.4. The summed E-state index contributed by atoms with van der Waals surface area (Å²) in [5.41, 5.74) is 4.45. The largest absolute Gasteiger partial charge is 0.493 e. The molecule has 1 aromatic carbocycles. The Labute approximate surface area is 134 Å². The van der Waals surface area contributed by atoms with Gasteiger partial charge >= 0.3 is 6.61 Å². The summed E-state index contributed by atoms with van der Waals surface area (Å²) in [5, 5.41) is 7.21. The van der Waals surface area contributed by atoms with E-state index in [0.29, 0.717) is 0 Å². The number of amides is 1. The number of hydrogen-bond acceptors (Lipinski definition) is 7. The van der Waals surface area contributed by atoms with Gasteiger partial charge in [-0.15, -0.1) is 10.2 Å². The second-order valence-corrected chi connectivity index (χ2v) is 4.41. The molecule has 0 aliphatic heterocycles. The van der Waals surface area contributed by atoms with E-state index in [1.54, 1.807) is 0 Å². The second-order valence-electron chi connectivity index (χ2n) is 4.41. The van der Waals surface area contributed by atoms with Crippen molar-refractivity contribution in [2.45, 2.75) is 13.5 Å². The monoisotopic (exact) mass is 341 g/mol. The van der Waals surface area contributed by atoms with E-state index in [9.17, 15) is 18.4 Å². The number of anilines is 1. The first-order valence-corrected chi connectivity index (χ1v) is 6.53. The molecular weight excluding hydrogens is 328 g/mol. The Bertz CT molecular complexity index is 796. The van der Waals surface area contributed by atoms with Crippen LogP contribution in [0, 0.1) is 6.92 Å². The maximum absolute atomic E-state index is 12.3. The van der Waals surface area contributed by atoms with Crippen molar-refractivity contribution in [1.82, 2.24) is 20.6 Å². The third-order valence-corrected chi connectivity index (χ3v) is 2.80. The molecule has 0 unspecified atom stereocenters. The molecule has 0 aliphatic rings. The van der Waals surface area contributed by atoms with Crippen molar-refractivity contribution in [2.75, 3.05) is 12.5 Å². The Hall–Kier alpha value is -3.24. The van der Waals surface area contributed by atoms with Gasteiger partial charge in [0.2, 0.25) is 5.95 Å². The molecule has 11 heteroatoms. The number of H-pyrrole nitrogens is 1. The van der Waals surface area contributed by atoms with Gasteiger partial charge < -0.3 is 9.47 Å². The number of nitrogens with one attached hydrogen (secondary N) is 3. The van der Waals surface area contributed by atoms with Crippen LogP contribution in [-0.4, -0.2) is 34.8 Å². The maximum Gasteiger partial charge on any atom is 0.387 e. The zero-order valence-corrected chi connectivity index (χ0v) is 12.6. The van der Waals surface area contributed by atoms with Crippen LogP contribution in [0.5, 0.6) is 11.5 Å². The fourth-order valence-corrected chi connectivity index (χ4v) is 1.64. The van der Waals surface area contributed by atoms with Crippen molar-refractivity contribution in [1.29, 1.82) is 0 Å². The number of aryl methyl sites for hydroxylation is 1. The topological polar surface area (TPSA) is 118 Å². The molecule has 2 aromatic rings. The van der Waals surface area contributed by atoms with Crippen LogP contribution in [0.25, 0.3) is 0 Å². The predicted octanol–water partition coefficient (Wildman–Crippen LogP) is 0.840. The molecule has 0 spiro atoms. The molecule has 0 saturated heterocycles. The number of carbonyl (C=O) groups is 1. The van der Waals surface area contributed by atoms with Gasteiger partial charge in [0, 0.05) is 5.56 Å². The number of ether oxygens (including phenoxy) is 2. The summed E-state index contributed by atoms with van der Waals surface area (Å²) < 4.78 is 33.7. The Morgan fingerprint density at radius 3 is 2.67 bits per heavy atom. The molecule has 0 radical (unpaired) electrons. The van der Waals surface area contributed by atoms with E-state index in [-0.39, 0.29) is 28.7 Å². The summed E-state index contributed by atoms with van der Waals surface area (Å²) in [5.74, 6) is -0.930.